The zero-order chi connectivity index (χ0) is 16.3. The van der Waals surface area contributed by atoms with Crippen LogP contribution in [0.3, 0.4) is 0 Å². The zero-order valence-electron chi connectivity index (χ0n) is 13.2. The molecule has 2 aromatic carbocycles. The highest BCUT2D eigenvalue weighted by atomic mass is 127. The van der Waals surface area contributed by atoms with Crippen molar-refractivity contribution < 1.29 is 9.53 Å². The molecular weight excluding hydrogens is 389 g/mol. The average molecular weight is 409 g/mol. The summed E-state index contributed by atoms with van der Waals surface area (Å²) in [6.07, 6.45) is -0.556. The lowest BCUT2D eigenvalue weighted by Crippen LogP contribution is -2.30. The molecule has 3 nitrogen and oxygen atoms in total. The van der Waals surface area contributed by atoms with Crippen LogP contribution in [0.15, 0.2) is 36.4 Å². The number of amides is 1. The molecule has 0 saturated carbocycles. The standard InChI is InChI=1S/C18H20INO2/c1-11-5-6-12(2)17(9-11)22-14(4)18(21)20-16-8-7-15(19)10-13(16)3/h5-10,14H,1-4H3,(H,20,21). The van der Waals surface area contributed by atoms with E-state index in [1.165, 1.54) is 0 Å². The average Bonchev–Trinajstić information content (AvgIpc) is 2.45. The van der Waals surface area contributed by atoms with Crippen LogP contribution in [0.25, 0.3) is 0 Å². The van der Waals surface area contributed by atoms with Crippen LogP contribution >= 0.6 is 22.6 Å². The predicted molar refractivity (Wildman–Crippen MR) is 98.5 cm³/mol. The van der Waals surface area contributed by atoms with Gasteiger partial charge in [-0.3, -0.25) is 4.79 Å². The van der Waals surface area contributed by atoms with Gasteiger partial charge in [0.05, 0.1) is 0 Å². The molecule has 1 atom stereocenters. The Kier molecular flexibility index (Phi) is 5.45. The second kappa shape index (κ2) is 7.13. The molecule has 4 heteroatoms. The largest absolute Gasteiger partial charge is 0.481 e. The van der Waals surface area contributed by atoms with Gasteiger partial charge in [0.1, 0.15) is 5.75 Å². The number of nitrogens with one attached hydrogen (secondary N) is 1. The van der Waals surface area contributed by atoms with Gasteiger partial charge in [-0.05, 0) is 91.2 Å². The van der Waals surface area contributed by atoms with Gasteiger partial charge in [0.25, 0.3) is 5.91 Å². The van der Waals surface area contributed by atoms with Crippen LogP contribution in [-0.4, -0.2) is 12.0 Å². The van der Waals surface area contributed by atoms with Crippen LogP contribution in [0.1, 0.15) is 23.6 Å². The van der Waals surface area contributed by atoms with Crippen molar-refractivity contribution in [2.45, 2.75) is 33.8 Å². The third-order valence-electron chi connectivity index (χ3n) is 3.46. The SMILES string of the molecule is Cc1ccc(C)c(OC(C)C(=O)Nc2ccc(I)cc2C)c1. The van der Waals surface area contributed by atoms with Crippen molar-refractivity contribution in [3.8, 4) is 5.75 Å². The molecule has 0 aromatic heterocycles. The van der Waals surface area contributed by atoms with Gasteiger partial charge in [0.2, 0.25) is 0 Å². The second-order valence-corrected chi connectivity index (χ2v) is 6.72. The number of anilines is 1. The van der Waals surface area contributed by atoms with Crippen LogP contribution in [0.2, 0.25) is 0 Å². The third kappa shape index (κ3) is 4.22. The fraction of sp³-hybridized carbons (Fsp3) is 0.278. The van der Waals surface area contributed by atoms with E-state index in [2.05, 4.69) is 27.9 Å². The van der Waals surface area contributed by atoms with Crippen molar-refractivity contribution in [1.82, 2.24) is 0 Å². The quantitative estimate of drug-likeness (QED) is 0.749. The van der Waals surface area contributed by atoms with E-state index in [9.17, 15) is 4.79 Å². The molecule has 1 amide bonds. The van der Waals surface area contributed by atoms with Crippen molar-refractivity contribution in [1.29, 1.82) is 0 Å². The molecule has 0 aliphatic rings. The number of aryl methyl sites for hydroxylation is 3. The smallest absolute Gasteiger partial charge is 0.265 e. The summed E-state index contributed by atoms with van der Waals surface area (Å²) in [4.78, 5) is 12.3. The Morgan fingerprint density at radius 3 is 2.50 bits per heavy atom. The maximum absolute atomic E-state index is 12.3. The molecule has 1 N–H and O–H groups in total. The van der Waals surface area contributed by atoms with E-state index < -0.39 is 6.10 Å². The summed E-state index contributed by atoms with van der Waals surface area (Å²) in [6, 6.07) is 11.9. The van der Waals surface area contributed by atoms with Crippen molar-refractivity contribution >= 4 is 34.2 Å². The van der Waals surface area contributed by atoms with Crippen molar-refractivity contribution in [3.63, 3.8) is 0 Å². The van der Waals surface area contributed by atoms with Gasteiger partial charge in [-0.25, -0.2) is 0 Å². The second-order valence-electron chi connectivity index (χ2n) is 5.48. The minimum Gasteiger partial charge on any atom is -0.481 e. The summed E-state index contributed by atoms with van der Waals surface area (Å²) in [5.41, 5.74) is 4.00. The molecule has 0 radical (unpaired) electrons. The molecule has 0 aliphatic carbocycles. The Hall–Kier alpha value is -1.56. The van der Waals surface area contributed by atoms with E-state index in [0.29, 0.717) is 0 Å². The number of benzene rings is 2. The monoisotopic (exact) mass is 409 g/mol. The minimum absolute atomic E-state index is 0.148. The third-order valence-corrected chi connectivity index (χ3v) is 4.13. The van der Waals surface area contributed by atoms with E-state index in [-0.39, 0.29) is 5.91 Å². The summed E-state index contributed by atoms with van der Waals surface area (Å²) >= 11 is 2.25. The molecule has 0 spiro atoms. The first-order valence-electron chi connectivity index (χ1n) is 7.18. The highest BCUT2D eigenvalue weighted by Gasteiger charge is 2.16. The van der Waals surface area contributed by atoms with Gasteiger partial charge in [-0.15, -0.1) is 0 Å². The molecule has 0 aliphatic heterocycles. The van der Waals surface area contributed by atoms with E-state index >= 15 is 0 Å². The number of hydrogen-bond acceptors (Lipinski definition) is 2. The van der Waals surface area contributed by atoms with Crippen molar-refractivity contribution in [3.05, 3.63) is 56.7 Å². The molecule has 1 unspecified atom stereocenters. The Morgan fingerprint density at radius 1 is 1.09 bits per heavy atom. The Bertz CT molecular complexity index is 697. The van der Waals surface area contributed by atoms with E-state index in [1.54, 1.807) is 6.92 Å². The maximum atomic E-state index is 12.3. The summed E-state index contributed by atoms with van der Waals surface area (Å²) in [7, 11) is 0. The lowest BCUT2D eigenvalue weighted by atomic mass is 10.1. The predicted octanol–water partition coefficient (Wildman–Crippen LogP) is 4.62. The van der Waals surface area contributed by atoms with Crippen molar-refractivity contribution in [2.24, 2.45) is 0 Å². The number of hydrogen-bond donors (Lipinski definition) is 1. The maximum Gasteiger partial charge on any atom is 0.265 e. The first-order valence-corrected chi connectivity index (χ1v) is 8.25. The molecule has 0 saturated heterocycles. The van der Waals surface area contributed by atoms with Gasteiger partial charge in [-0.1, -0.05) is 12.1 Å². The fourth-order valence-corrected chi connectivity index (χ4v) is 2.73. The van der Waals surface area contributed by atoms with Crippen LogP contribution in [0, 0.1) is 24.3 Å². The van der Waals surface area contributed by atoms with Crippen LogP contribution in [0.4, 0.5) is 5.69 Å². The molecule has 0 bridgehead atoms. The van der Waals surface area contributed by atoms with Gasteiger partial charge < -0.3 is 10.1 Å². The summed E-state index contributed by atoms with van der Waals surface area (Å²) in [6.45, 7) is 7.72. The number of carbonyl (C=O) groups is 1. The van der Waals surface area contributed by atoms with Crippen LogP contribution in [-0.2, 0) is 4.79 Å². The van der Waals surface area contributed by atoms with Gasteiger partial charge in [-0.2, -0.15) is 0 Å². The molecule has 0 fully saturated rings. The number of carbonyl (C=O) groups excluding carboxylic acids is 1. The lowest BCUT2D eigenvalue weighted by molar-refractivity contribution is -0.122. The number of ether oxygens (including phenoxy) is 1. The number of halogens is 1. The first-order chi connectivity index (χ1) is 10.4. The van der Waals surface area contributed by atoms with Crippen molar-refractivity contribution in [2.75, 3.05) is 5.32 Å². The molecule has 116 valence electrons. The molecule has 0 heterocycles. The highest BCUT2D eigenvalue weighted by Crippen LogP contribution is 2.22. The zero-order valence-corrected chi connectivity index (χ0v) is 15.4. The van der Waals surface area contributed by atoms with Gasteiger partial charge >= 0.3 is 0 Å². The van der Waals surface area contributed by atoms with E-state index in [0.717, 1.165) is 31.7 Å². The molecule has 2 rings (SSSR count). The van der Waals surface area contributed by atoms with Crippen LogP contribution < -0.4 is 10.1 Å². The molecule has 22 heavy (non-hydrogen) atoms. The fourth-order valence-electron chi connectivity index (χ4n) is 2.08. The Balaban J connectivity index is 2.07. The summed E-state index contributed by atoms with van der Waals surface area (Å²) in [5.74, 6) is 0.604. The normalized spacial score (nSPS) is 11.9. The topological polar surface area (TPSA) is 38.3 Å². The first kappa shape index (κ1) is 16.8. The molecular formula is C18H20INO2. The Labute approximate surface area is 145 Å². The van der Waals surface area contributed by atoms with Gasteiger partial charge in [0, 0.05) is 9.26 Å². The summed E-state index contributed by atoms with van der Waals surface area (Å²) in [5, 5.41) is 2.92. The van der Waals surface area contributed by atoms with E-state index in [4.69, 9.17) is 4.74 Å². The lowest BCUT2D eigenvalue weighted by Gasteiger charge is -2.17. The van der Waals surface area contributed by atoms with E-state index in [1.807, 2.05) is 57.2 Å². The molecule has 2 aromatic rings. The highest BCUT2D eigenvalue weighted by molar-refractivity contribution is 14.1. The number of rotatable bonds is 4. The minimum atomic E-state index is -0.556. The van der Waals surface area contributed by atoms with Gasteiger partial charge in [0.15, 0.2) is 6.10 Å². The Morgan fingerprint density at radius 2 is 1.82 bits per heavy atom. The summed E-state index contributed by atoms with van der Waals surface area (Å²) < 4.78 is 6.96. The van der Waals surface area contributed by atoms with Crippen LogP contribution in [0.5, 0.6) is 5.75 Å².